The first kappa shape index (κ1) is 16.3. The van der Waals surface area contributed by atoms with Crippen molar-refractivity contribution in [3.05, 3.63) is 65.2 Å². The minimum atomic E-state index is -4.19. The first-order valence-electron chi connectivity index (χ1n) is 8.07. The third kappa shape index (κ3) is 2.76. The lowest BCUT2D eigenvalue weighted by atomic mass is 9.83. The third-order valence-electron chi connectivity index (χ3n) is 4.92. The van der Waals surface area contributed by atoms with Gasteiger partial charge in [-0.2, -0.15) is 8.42 Å². The molecule has 0 spiro atoms. The minimum Gasteiger partial charge on any atom is -0.508 e. The molecule has 130 valence electrons. The summed E-state index contributed by atoms with van der Waals surface area (Å²) in [5.41, 5.74) is 4.59. The van der Waals surface area contributed by atoms with E-state index in [9.17, 15) is 18.1 Å². The average Bonchev–Trinajstić information content (AvgIpc) is 3.14. The molecule has 3 atom stereocenters. The molecule has 25 heavy (non-hydrogen) atoms. The number of phenols is 1. The molecular weight excluding hydrogens is 340 g/mol. The summed E-state index contributed by atoms with van der Waals surface area (Å²) in [6.45, 7) is 1.98. The van der Waals surface area contributed by atoms with E-state index in [-0.39, 0.29) is 12.2 Å². The zero-order valence-electron chi connectivity index (χ0n) is 13.6. The van der Waals surface area contributed by atoms with Gasteiger partial charge in [-0.25, -0.2) is 0 Å². The van der Waals surface area contributed by atoms with Crippen molar-refractivity contribution < 1.29 is 22.8 Å². The Balaban J connectivity index is 1.90. The van der Waals surface area contributed by atoms with Crippen molar-refractivity contribution in [1.82, 2.24) is 0 Å². The predicted molar refractivity (Wildman–Crippen MR) is 94.7 cm³/mol. The first-order chi connectivity index (χ1) is 11.8. The van der Waals surface area contributed by atoms with Crippen molar-refractivity contribution in [3.63, 3.8) is 0 Å². The molecule has 0 amide bonds. The van der Waals surface area contributed by atoms with Gasteiger partial charge >= 0.3 is 0 Å². The maximum Gasteiger partial charge on any atom is 0.270 e. The van der Waals surface area contributed by atoms with Crippen LogP contribution in [0.3, 0.4) is 0 Å². The highest BCUT2D eigenvalue weighted by Gasteiger charge is 2.52. The Kier molecular flexibility index (Phi) is 3.72. The average molecular weight is 358 g/mol. The van der Waals surface area contributed by atoms with Crippen molar-refractivity contribution in [2.75, 3.05) is 0 Å². The lowest BCUT2D eigenvalue weighted by Gasteiger charge is -2.23. The molecule has 6 heteroatoms. The molecule has 5 nitrogen and oxygen atoms in total. The Morgan fingerprint density at radius 3 is 2.12 bits per heavy atom. The van der Waals surface area contributed by atoms with Crippen LogP contribution in [0.4, 0.5) is 0 Å². The Hall–Kier alpha value is -2.15. The number of fused-ring (bicyclic) bond motifs is 2. The molecule has 2 aliphatic rings. The Morgan fingerprint density at radius 1 is 0.960 bits per heavy atom. The summed E-state index contributed by atoms with van der Waals surface area (Å²) in [7, 11) is -4.19. The highest BCUT2D eigenvalue weighted by atomic mass is 32.2. The number of phenolic OH excluding ortho intramolecular Hbond substituents is 1. The minimum absolute atomic E-state index is 0.168. The van der Waals surface area contributed by atoms with Gasteiger partial charge in [0.25, 0.3) is 10.1 Å². The number of aryl methyl sites for hydroxylation is 1. The highest BCUT2D eigenvalue weighted by molar-refractivity contribution is 7.86. The van der Waals surface area contributed by atoms with Gasteiger partial charge in [0.05, 0.1) is 6.10 Å². The maximum atomic E-state index is 11.8. The third-order valence-corrected chi connectivity index (χ3v) is 6.12. The first-order valence-corrected chi connectivity index (χ1v) is 9.57. The van der Waals surface area contributed by atoms with E-state index in [1.807, 2.05) is 31.2 Å². The van der Waals surface area contributed by atoms with Crippen LogP contribution >= 0.6 is 0 Å². The van der Waals surface area contributed by atoms with E-state index in [1.54, 1.807) is 24.3 Å². The number of hydrogen-bond donors (Lipinski definition) is 2. The van der Waals surface area contributed by atoms with Crippen LogP contribution < -0.4 is 0 Å². The van der Waals surface area contributed by atoms with Crippen molar-refractivity contribution >= 4 is 21.3 Å². The lowest BCUT2D eigenvalue weighted by Crippen LogP contribution is -2.32. The van der Waals surface area contributed by atoms with Crippen molar-refractivity contribution in [1.29, 1.82) is 0 Å². The molecule has 0 unspecified atom stereocenters. The SMILES string of the molecule is Cc1ccc(C2=C(c3ccc(O)cc3)[C@@H]3C[C@H](S(=O)(=O)O)[C@H]2O3)cc1. The molecule has 2 heterocycles. The highest BCUT2D eigenvalue weighted by Crippen LogP contribution is 2.50. The Labute approximate surface area is 146 Å². The van der Waals surface area contributed by atoms with Gasteiger partial charge in [0.15, 0.2) is 0 Å². The fourth-order valence-corrected chi connectivity index (χ4v) is 4.66. The van der Waals surface area contributed by atoms with Gasteiger partial charge in [-0.05, 0) is 47.8 Å². The second-order valence-electron chi connectivity index (χ2n) is 6.57. The molecule has 0 saturated carbocycles. The number of hydrogen-bond acceptors (Lipinski definition) is 4. The summed E-state index contributed by atoms with van der Waals surface area (Å²) in [5, 5.41) is 8.58. The van der Waals surface area contributed by atoms with E-state index in [2.05, 4.69) is 0 Å². The molecule has 1 fully saturated rings. The van der Waals surface area contributed by atoms with Gasteiger partial charge in [-0.3, -0.25) is 4.55 Å². The molecule has 0 radical (unpaired) electrons. The van der Waals surface area contributed by atoms with E-state index in [0.717, 1.165) is 27.8 Å². The van der Waals surface area contributed by atoms with Crippen molar-refractivity contribution in [2.24, 2.45) is 0 Å². The normalized spacial score (nSPS) is 25.6. The standard InChI is InChI=1S/C19H18O5S/c1-11-2-4-13(5-3-11)18-17(12-6-8-14(20)9-7-12)15-10-16(19(18)24-15)25(21,22)23/h2-9,15-16,19-20H,10H2,1H3,(H,21,22,23)/t15-,16-,19+/m0/s1. The molecule has 2 bridgehead atoms. The van der Waals surface area contributed by atoms with E-state index in [4.69, 9.17) is 4.74 Å². The van der Waals surface area contributed by atoms with Crippen LogP contribution in [0.5, 0.6) is 5.75 Å². The fraction of sp³-hybridized carbons (Fsp3) is 0.263. The molecule has 2 aliphatic heterocycles. The molecular formula is C19H18O5S. The second kappa shape index (κ2) is 5.69. The van der Waals surface area contributed by atoms with Crippen LogP contribution in [0.2, 0.25) is 0 Å². The number of rotatable bonds is 3. The maximum absolute atomic E-state index is 11.8. The lowest BCUT2D eigenvalue weighted by molar-refractivity contribution is 0.128. The van der Waals surface area contributed by atoms with Crippen molar-refractivity contribution in [2.45, 2.75) is 30.8 Å². The number of benzene rings is 2. The Bertz CT molecular complexity index is 942. The van der Waals surface area contributed by atoms with Gasteiger partial charge < -0.3 is 9.84 Å². The summed E-state index contributed by atoms with van der Waals surface area (Å²) >= 11 is 0. The fourth-order valence-electron chi connectivity index (χ4n) is 3.73. The second-order valence-corrected chi connectivity index (χ2v) is 8.21. The number of aromatic hydroxyl groups is 1. The predicted octanol–water partition coefficient (Wildman–Crippen LogP) is 3.04. The van der Waals surface area contributed by atoms with Gasteiger partial charge in [-0.1, -0.05) is 42.0 Å². The molecule has 0 aliphatic carbocycles. The monoisotopic (exact) mass is 358 g/mol. The largest absolute Gasteiger partial charge is 0.508 e. The topological polar surface area (TPSA) is 83.8 Å². The van der Waals surface area contributed by atoms with Gasteiger partial charge in [0.2, 0.25) is 0 Å². The summed E-state index contributed by atoms with van der Waals surface area (Å²) in [6, 6.07) is 14.6. The van der Waals surface area contributed by atoms with Crippen LogP contribution in [0.15, 0.2) is 48.5 Å². The molecule has 0 aromatic heterocycles. The van der Waals surface area contributed by atoms with Gasteiger partial charge in [0, 0.05) is 0 Å². The van der Waals surface area contributed by atoms with E-state index < -0.39 is 27.6 Å². The quantitative estimate of drug-likeness (QED) is 0.824. The van der Waals surface area contributed by atoms with Crippen LogP contribution in [0.25, 0.3) is 11.1 Å². The smallest absolute Gasteiger partial charge is 0.270 e. The van der Waals surface area contributed by atoms with E-state index in [0.29, 0.717) is 0 Å². The summed E-state index contributed by atoms with van der Waals surface area (Å²) in [6.07, 6.45) is -0.848. The van der Waals surface area contributed by atoms with E-state index >= 15 is 0 Å². The molecule has 4 rings (SSSR count). The molecule has 2 aromatic rings. The zero-order valence-corrected chi connectivity index (χ0v) is 14.4. The summed E-state index contributed by atoms with van der Waals surface area (Å²) in [5.74, 6) is 0.168. The van der Waals surface area contributed by atoms with Crippen LogP contribution in [0, 0.1) is 6.92 Å². The van der Waals surface area contributed by atoms with Crippen molar-refractivity contribution in [3.8, 4) is 5.75 Å². The molecule has 1 saturated heterocycles. The molecule has 2 aromatic carbocycles. The summed E-state index contributed by atoms with van der Waals surface area (Å²) in [4.78, 5) is 0. The molecule has 2 N–H and O–H groups in total. The number of ether oxygens (including phenoxy) is 1. The van der Waals surface area contributed by atoms with Crippen LogP contribution in [-0.2, 0) is 14.9 Å². The summed E-state index contributed by atoms with van der Waals surface area (Å²) < 4.78 is 39.0. The Morgan fingerprint density at radius 2 is 1.52 bits per heavy atom. The van der Waals surface area contributed by atoms with E-state index in [1.165, 1.54) is 0 Å². The zero-order chi connectivity index (χ0) is 17.8. The van der Waals surface area contributed by atoms with Gasteiger partial charge in [0.1, 0.15) is 17.1 Å². The van der Waals surface area contributed by atoms with Crippen LogP contribution in [0.1, 0.15) is 23.1 Å². The van der Waals surface area contributed by atoms with Gasteiger partial charge in [-0.15, -0.1) is 0 Å². The van der Waals surface area contributed by atoms with Crippen LogP contribution in [-0.4, -0.2) is 35.5 Å².